The van der Waals surface area contributed by atoms with Crippen LogP contribution in [0.25, 0.3) is 0 Å². The molecule has 0 amide bonds. The van der Waals surface area contributed by atoms with Crippen LogP contribution in [0.2, 0.25) is 0 Å². The Bertz CT molecular complexity index is 120. The number of ether oxygens (including phenoxy) is 2. The van der Waals surface area contributed by atoms with E-state index in [2.05, 4.69) is 9.47 Å². The van der Waals surface area contributed by atoms with Gasteiger partial charge in [-0.2, -0.15) is 0 Å². The summed E-state index contributed by atoms with van der Waals surface area (Å²) in [7, 11) is 3.30. The third kappa shape index (κ3) is 9.14. The lowest BCUT2D eigenvalue weighted by Gasteiger charge is -1.91. The van der Waals surface area contributed by atoms with Gasteiger partial charge in [0.25, 0.3) is 0 Å². The van der Waals surface area contributed by atoms with E-state index >= 15 is 0 Å². The van der Waals surface area contributed by atoms with Crippen molar-refractivity contribution in [1.29, 1.82) is 0 Å². The van der Waals surface area contributed by atoms with Gasteiger partial charge in [-0.1, -0.05) is 36.4 Å². The van der Waals surface area contributed by atoms with Gasteiger partial charge in [-0.25, -0.2) is 0 Å². The lowest BCUT2D eigenvalue weighted by Crippen LogP contribution is -1.96. The molecule has 0 N–H and O–H groups in total. The van der Waals surface area contributed by atoms with E-state index in [4.69, 9.17) is 0 Å². The maximum absolute atomic E-state index is 4.66. The molecule has 2 heteroatoms. The van der Waals surface area contributed by atoms with E-state index in [-0.39, 0.29) is 0 Å². The van der Waals surface area contributed by atoms with Crippen molar-refractivity contribution >= 4 is 0 Å². The van der Waals surface area contributed by atoms with Crippen LogP contribution in [0.1, 0.15) is 0 Å². The van der Waals surface area contributed by atoms with Gasteiger partial charge in [-0.05, 0) is 0 Å². The first kappa shape index (κ1) is 11.1. The van der Waals surface area contributed by atoms with Gasteiger partial charge in [0.1, 0.15) is 0 Å². The van der Waals surface area contributed by atoms with Crippen molar-refractivity contribution in [3.63, 3.8) is 0 Å². The molecule has 1 rings (SSSR count). The van der Waals surface area contributed by atoms with Gasteiger partial charge in [0.05, 0.1) is 13.2 Å². The first-order valence-electron chi connectivity index (χ1n) is 3.89. The largest absolute Gasteiger partial charge is 0.382 e. The fourth-order valence-electron chi connectivity index (χ4n) is 0.552. The SMILES string of the molecule is COCCOC.c1ccccc1. The zero-order valence-corrected chi connectivity index (χ0v) is 7.69. The first-order valence-corrected chi connectivity index (χ1v) is 3.89. The Hall–Kier alpha value is -0.860. The Morgan fingerprint density at radius 1 is 0.667 bits per heavy atom. The highest BCUT2D eigenvalue weighted by atomic mass is 16.5. The topological polar surface area (TPSA) is 18.5 Å². The molecule has 0 aliphatic carbocycles. The second kappa shape index (κ2) is 10.1. The fraction of sp³-hybridized carbons (Fsp3) is 0.400. The predicted octanol–water partition coefficient (Wildman–Crippen LogP) is 1.97. The molecule has 0 saturated heterocycles. The minimum absolute atomic E-state index is 0.691. The first-order chi connectivity index (χ1) is 5.91. The zero-order valence-electron chi connectivity index (χ0n) is 7.69. The zero-order chi connectivity index (χ0) is 9.07. The van der Waals surface area contributed by atoms with E-state index in [9.17, 15) is 0 Å². The molecule has 0 fully saturated rings. The molecule has 0 spiro atoms. The molecule has 0 aliphatic heterocycles. The molecule has 0 aromatic heterocycles. The molecule has 0 atom stereocenters. The van der Waals surface area contributed by atoms with Crippen molar-refractivity contribution in [2.45, 2.75) is 0 Å². The van der Waals surface area contributed by atoms with Crippen molar-refractivity contribution in [2.24, 2.45) is 0 Å². The summed E-state index contributed by atoms with van der Waals surface area (Å²) in [5.41, 5.74) is 0. The summed E-state index contributed by atoms with van der Waals surface area (Å²) in [6.45, 7) is 1.38. The van der Waals surface area contributed by atoms with E-state index in [1.807, 2.05) is 36.4 Å². The molecule has 0 heterocycles. The normalized spacial score (nSPS) is 8.50. The van der Waals surface area contributed by atoms with E-state index in [0.29, 0.717) is 13.2 Å². The summed E-state index contributed by atoms with van der Waals surface area (Å²) in [5, 5.41) is 0. The van der Waals surface area contributed by atoms with Crippen LogP contribution in [0.3, 0.4) is 0 Å². The highest BCUT2D eigenvalue weighted by Crippen LogP contribution is 1.79. The van der Waals surface area contributed by atoms with E-state index in [0.717, 1.165) is 0 Å². The van der Waals surface area contributed by atoms with Crippen LogP contribution < -0.4 is 0 Å². The van der Waals surface area contributed by atoms with Crippen molar-refractivity contribution in [3.05, 3.63) is 36.4 Å². The molecule has 0 aliphatic rings. The van der Waals surface area contributed by atoms with Crippen LogP contribution in [0.4, 0.5) is 0 Å². The molecular weight excluding hydrogens is 152 g/mol. The summed E-state index contributed by atoms with van der Waals surface area (Å²) in [5.74, 6) is 0. The molecule has 1 aromatic rings. The molecule has 1 aromatic carbocycles. The quantitative estimate of drug-likeness (QED) is 0.642. The molecular formula is C10H16O2. The minimum atomic E-state index is 0.691. The van der Waals surface area contributed by atoms with Crippen LogP contribution in [-0.4, -0.2) is 27.4 Å². The lowest BCUT2D eigenvalue weighted by molar-refractivity contribution is 0.103. The molecule has 0 unspecified atom stereocenters. The van der Waals surface area contributed by atoms with E-state index in [1.165, 1.54) is 0 Å². The van der Waals surface area contributed by atoms with Crippen LogP contribution >= 0.6 is 0 Å². The molecule has 12 heavy (non-hydrogen) atoms. The van der Waals surface area contributed by atoms with Gasteiger partial charge in [0, 0.05) is 14.2 Å². The highest BCUT2D eigenvalue weighted by Gasteiger charge is 1.73. The van der Waals surface area contributed by atoms with Gasteiger partial charge < -0.3 is 9.47 Å². The number of hydrogen-bond acceptors (Lipinski definition) is 2. The average molecular weight is 168 g/mol. The van der Waals surface area contributed by atoms with Crippen molar-refractivity contribution in [2.75, 3.05) is 27.4 Å². The maximum atomic E-state index is 4.66. The van der Waals surface area contributed by atoms with Crippen molar-refractivity contribution in [3.8, 4) is 0 Å². The number of benzene rings is 1. The van der Waals surface area contributed by atoms with Gasteiger partial charge in [0.15, 0.2) is 0 Å². The summed E-state index contributed by atoms with van der Waals surface area (Å²) in [6.07, 6.45) is 0. The van der Waals surface area contributed by atoms with Crippen molar-refractivity contribution < 1.29 is 9.47 Å². The Kier molecular flexibility index (Phi) is 9.41. The van der Waals surface area contributed by atoms with Gasteiger partial charge in [-0.15, -0.1) is 0 Å². The van der Waals surface area contributed by atoms with Crippen LogP contribution in [0.15, 0.2) is 36.4 Å². The molecule has 68 valence electrons. The van der Waals surface area contributed by atoms with Crippen LogP contribution in [0, 0.1) is 0 Å². The standard InChI is InChI=1S/C6H6.C4H10O2/c1-2-4-6-5-3-1;1-5-3-4-6-2/h1-6H;3-4H2,1-2H3. The maximum Gasteiger partial charge on any atom is 0.0696 e. The molecule has 2 nitrogen and oxygen atoms in total. The van der Waals surface area contributed by atoms with Gasteiger partial charge in [-0.3, -0.25) is 0 Å². The molecule has 0 radical (unpaired) electrons. The monoisotopic (exact) mass is 168 g/mol. The predicted molar refractivity (Wildman–Crippen MR) is 50.2 cm³/mol. The molecule has 0 saturated carbocycles. The Balaban J connectivity index is 0.000000202. The summed E-state index contributed by atoms with van der Waals surface area (Å²) >= 11 is 0. The minimum Gasteiger partial charge on any atom is -0.382 e. The third-order valence-electron chi connectivity index (χ3n) is 1.16. The number of methoxy groups -OCH3 is 2. The number of rotatable bonds is 3. The van der Waals surface area contributed by atoms with Gasteiger partial charge >= 0.3 is 0 Å². The second-order valence-corrected chi connectivity index (χ2v) is 2.14. The Labute approximate surface area is 74.1 Å². The van der Waals surface area contributed by atoms with Crippen LogP contribution in [-0.2, 0) is 9.47 Å². The third-order valence-corrected chi connectivity index (χ3v) is 1.16. The van der Waals surface area contributed by atoms with Crippen molar-refractivity contribution in [1.82, 2.24) is 0 Å². The van der Waals surface area contributed by atoms with Crippen LogP contribution in [0.5, 0.6) is 0 Å². The lowest BCUT2D eigenvalue weighted by atomic mass is 10.4. The fourth-order valence-corrected chi connectivity index (χ4v) is 0.552. The smallest absolute Gasteiger partial charge is 0.0696 e. The summed E-state index contributed by atoms with van der Waals surface area (Å²) < 4.78 is 9.31. The average Bonchev–Trinajstić information content (AvgIpc) is 2.18. The Morgan fingerprint density at radius 3 is 1.08 bits per heavy atom. The van der Waals surface area contributed by atoms with Gasteiger partial charge in [0.2, 0.25) is 0 Å². The Morgan fingerprint density at radius 2 is 0.917 bits per heavy atom. The molecule has 0 bridgehead atoms. The summed E-state index contributed by atoms with van der Waals surface area (Å²) in [4.78, 5) is 0. The van der Waals surface area contributed by atoms with E-state index < -0.39 is 0 Å². The highest BCUT2D eigenvalue weighted by molar-refractivity contribution is 4.99. The second-order valence-electron chi connectivity index (χ2n) is 2.14. The van der Waals surface area contributed by atoms with E-state index in [1.54, 1.807) is 14.2 Å². The summed E-state index contributed by atoms with van der Waals surface area (Å²) in [6, 6.07) is 12.0. The number of hydrogen-bond donors (Lipinski definition) is 0.